The van der Waals surface area contributed by atoms with Crippen LogP contribution < -0.4 is 4.74 Å². The van der Waals surface area contributed by atoms with Gasteiger partial charge in [-0.3, -0.25) is 4.79 Å². The zero-order valence-corrected chi connectivity index (χ0v) is 17.7. The van der Waals surface area contributed by atoms with Crippen molar-refractivity contribution in [3.8, 4) is 17.3 Å². The van der Waals surface area contributed by atoms with Gasteiger partial charge in [0.25, 0.3) is 5.91 Å². The van der Waals surface area contributed by atoms with Gasteiger partial charge in [0, 0.05) is 18.9 Å². The summed E-state index contributed by atoms with van der Waals surface area (Å²) in [7, 11) is 0. The number of hydrogen-bond donors (Lipinski definition) is 0. The molecule has 3 atom stereocenters. The molecule has 2 saturated heterocycles. The number of hydrogen-bond acceptors (Lipinski definition) is 6. The van der Waals surface area contributed by atoms with Crippen molar-refractivity contribution in [3.63, 3.8) is 0 Å². The summed E-state index contributed by atoms with van der Waals surface area (Å²) in [4.78, 5) is 30.6. The minimum Gasteiger partial charge on any atom is -0.471 e. The van der Waals surface area contributed by atoms with E-state index in [0.29, 0.717) is 25.6 Å². The fourth-order valence-electron chi connectivity index (χ4n) is 4.68. The van der Waals surface area contributed by atoms with Gasteiger partial charge in [-0.05, 0) is 43.4 Å². The Labute approximate surface area is 191 Å². The predicted octanol–water partition coefficient (Wildman–Crippen LogP) is 4.16. The third kappa shape index (κ3) is 4.17. The quantitative estimate of drug-likeness (QED) is 0.530. The second-order valence-corrected chi connectivity index (χ2v) is 8.33. The van der Waals surface area contributed by atoms with Gasteiger partial charge in [-0.15, -0.1) is 0 Å². The van der Waals surface area contributed by atoms with Crippen LogP contribution in [-0.4, -0.2) is 49.4 Å². The SMILES string of the molecule is O=C(c1cccc(F)c1-c1ncccn1)N1CC2CC[C@H]1[C@H](Oc1cnc(C(F)(F)F)cn1)C2. The number of carbonyl (C=O) groups is 1. The van der Waals surface area contributed by atoms with Crippen molar-refractivity contribution in [2.45, 2.75) is 37.6 Å². The smallest absolute Gasteiger partial charge is 0.434 e. The average molecular weight is 473 g/mol. The molecule has 1 unspecified atom stereocenters. The molecule has 3 fully saturated rings. The molecule has 2 bridgehead atoms. The summed E-state index contributed by atoms with van der Waals surface area (Å²) >= 11 is 0. The fraction of sp³-hybridized carbons (Fsp3) is 0.348. The topological polar surface area (TPSA) is 81.1 Å². The van der Waals surface area contributed by atoms with Crippen molar-refractivity contribution in [3.05, 3.63) is 66.1 Å². The second-order valence-electron chi connectivity index (χ2n) is 8.33. The van der Waals surface area contributed by atoms with Gasteiger partial charge in [0.05, 0.1) is 29.6 Å². The number of alkyl halides is 3. The second kappa shape index (κ2) is 8.62. The van der Waals surface area contributed by atoms with Crippen LogP contribution in [0, 0.1) is 11.7 Å². The molecule has 1 aromatic carbocycles. The molecule has 11 heteroatoms. The van der Waals surface area contributed by atoms with Crippen LogP contribution in [0.1, 0.15) is 35.3 Å². The maximum atomic E-state index is 14.8. The van der Waals surface area contributed by atoms with E-state index >= 15 is 0 Å². The maximum absolute atomic E-state index is 14.8. The lowest BCUT2D eigenvalue weighted by molar-refractivity contribution is -0.141. The Bertz CT molecular complexity index is 1190. The minimum absolute atomic E-state index is 0.0284. The van der Waals surface area contributed by atoms with Crippen molar-refractivity contribution in [2.24, 2.45) is 5.92 Å². The number of carbonyl (C=O) groups excluding carboxylic acids is 1. The molecule has 3 aliphatic rings. The Balaban J connectivity index is 1.40. The van der Waals surface area contributed by atoms with Gasteiger partial charge >= 0.3 is 6.18 Å². The van der Waals surface area contributed by atoms with Gasteiger partial charge in [0.15, 0.2) is 11.5 Å². The molecule has 1 aliphatic carbocycles. The van der Waals surface area contributed by atoms with Crippen LogP contribution in [0.5, 0.6) is 5.88 Å². The Hall–Kier alpha value is -3.63. The zero-order valence-electron chi connectivity index (χ0n) is 17.7. The lowest BCUT2D eigenvalue weighted by atomic mass is 9.77. The largest absolute Gasteiger partial charge is 0.471 e. The number of amides is 1. The fourth-order valence-corrected chi connectivity index (χ4v) is 4.68. The average Bonchev–Trinajstić information content (AvgIpc) is 2.84. The Morgan fingerprint density at radius 1 is 1.03 bits per heavy atom. The molecule has 2 aliphatic heterocycles. The highest BCUT2D eigenvalue weighted by atomic mass is 19.4. The molecule has 1 saturated carbocycles. The van der Waals surface area contributed by atoms with Crippen LogP contribution in [0.2, 0.25) is 0 Å². The number of piperidine rings is 2. The molecule has 0 N–H and O–H groups in total. The summed E-state index contributed by atoms with van der Waals surface area (Å²) in [5.41, 5.74) is -0.934. The minimum atomic E-state index is -4.59. The molecule has 0 radical (unpaired) electrons. The van der Waals surface area contributed by atoms with Crippen molar-refractivity contribution in [1.29, 1.82) is 0 Å². The molecule has 2 aromatic heterocycles. The number of rotatable bonds is 4. The van der Waals surface area contributed by atoms with Gasteiger partial charge < -0.3 is 9.64 Å². The van der Waals surface area contributed by atoms with Crippen LogP contribution in [-0.2, 0) is 6.18 Å². The van der Waals surface area contributed by atoms with Gasteiger partial charge in [0.1, 0.15) is 11.9 Å². The number of benzene rings is 1. The van der Waals surface area contributed by atoms with E-state index in [2.05, 4.69) is 19.9 Å². The standard InChI is InChI=1S/C23H19F4N5O2/c24-15-4-1-3-14(20(15)21-28-7-2-8-29-21)22(33)32-12-13-5-6-16(32)17(9-13)34-19-11-30-18(10-31-19)23(25,26)27/h1-4,7-8,10-11,13,16-17H,5-6,9,12H2/t13?,16-,17+/m0/s1. The van der Waals surface area contributed by atoms with Crippen LogP contribution in [0.3, 0.4) is 0 Å². The lowest BCUT2D eigenvalue weighted by Gasteiger charge is -2.49. The van der Waals surface area contributed by atoms with E-state index < -0.39 is 23.8 Å². The van der Waals surface area contributed by atoms with Crippen molar-refractivity contribution >= 4 is 5.91 Å². The third-order valence-electron chi connectivity index (χ3n) is 6.21. The van der Waals surface area contributed by atoms with Crippen LogP contribution in [0.25, 0.3) is 11.4 Å². The first-order valence-corrected chi connectivity index (χ1v) is 10.7. The lowest BCUT2D eigenvalue weighted by Crippen LogP contribution is -2.59. The summed E-state index contributed by atoms with van der Waals surface area (Å²) in [5, 5.41) is 0. The van der Waals surface area contributed by atoms with Crippen LogP contribution in [0.4, 0.5) is 17.6 Å². The highest BCUT2D eigenvalue weighted by molar-refractivity contribution is 6.00. The number of nitrogens with zero attached hydrogens (tertiary/aromatic N) is 5. The highest BCUT2D eigenvalue weighted by Gasteiger charge is 2.45. The van der Waals surface area contributed by atoms with E-state index in [4.69, 9.17) is 4.74 Å². The predicted molar refractivity (Wildman–Crippen MR) is 111 cm³/mol. The Kier molecular flexibility index (Phi) is 5.62. The zero-order chi connectivity index (χ0) is 23.9. The summed E-state index contributed by atoms with van der Waals surface area (Å²) in [6.07, 6.45) is 1.63. The number of aromatic nitrogens is 4. The van der Waals surface area contributed by atoms with E-state index in [1.807, 2.05) is 0 Å². The third-order valence-corrected chi connectivity index (χ3v) is 6.21. The Morgan fingerprint density at radius 3 is 2.50 bits per heavy atom. The molecule has 7 nitrogen and oxygen atoms in total. The maximum Gasteiger partial charge on any atom is 0.434 e. The highest BCUT2D eigenvalue weighted by Crippen LogP contribution is 2.39. The number of ether oxygens (including phenoxy) is 1. The van der Waals surface area contributed by atoms with E-state index in [1.165, 1.54) is 30.6 Å². The molecule has 176 valence electrons. The number of fused-ring (bicyclic) bond motifs is 3. The first kappa shape index (κ1) is 22.2. The van der Waals surface area contributed by atoms with E-state index in [9.17, 15) is 22.4 Å². The molecule has 34 heavy (non-hydrogen) atoms. The monoisotopic (exact) mass is 473 g/mol. The summed E-state index contributed by atoms with van der Waals surface area (Å²) in [5.74, 6) is -0.761. The van der Waals surface area contributed by atoms with E-state index in [-0.39, 0.29) is 40.7 Å². The Morgan fingerprint density at radius 2 is 1.82 bits per heavy atom. The first-order chi connectivity index (χ1) is 16.3. The summed E-state index contributed by atoms with van der Waals surface area (Å²) < 4.78 is 58.9. The molecule has 0 spiro atoms. The van der Waals surface area contributed by atoms with Crippen molar-refractivity contribution < 1.29 is 27.1 Å². The van der Waals surface area contributed by atoms with E-state index in [1.54, 1.807) is 11.0 Å². The normalized spacial score (nSPS) is 22.0. The molecule has 3 aromatic rings. The summed E-state index contributed by atoms with van der Waals surface area (Å²) in [6.45, 7) is 0.480. The van der Waals surface area contributed by atoms with Gasteiger partial charge in [-0.25, -0.2) is 24.3 Å². The van der Waals surface area contributed by atoms with E-state index in [0.717, 1.165) is 12.6 Å². The molecule has 4 heterocycles. The van der Waals surface area contributed by atoms with Gasteiger partial charge in [-0.1, -0.05) is 6.07 Å². The van der Waals surface area contributed by atoms with Crippen molar-refractivity contribution in [1.82, 2.24) is 24.8 Å². The van der Waals surface area contributed by atoms with Crippen LogP contribution in [0.15, 0.2) is 49.1 Å². The molecular weight excluding hydrogens is 454 g/mol. The van der Waals surface area contributed by atoms with Gasteiger partial charge in [0.2, 0.25) is 5.88 Å². The van der Waals surface area contributed by atoms with Crippen molar-refractivity contribution in [2.75, 3.05) is 6.54 Å². The molecular formula is C23H19F4N5O2. The molecule has 1 amide bonds. The number of halogens is 4. The first-order valence-electron chi connectivity index (χ1n) is 10.7. The van der Waals surface area contributed by atoms with Crippen LogP contribution >= 0.6 is 0 Å². The molecule has 6 rings (SSSR count). The van der Waals surface area contributed by atoms with Gasteiger partial charge in [-0.2, -0.15) is 13.2 Å². The summed E-state index contributed by atoms with van der Waals surface area (Å²) in [6, 6.07) is 5.51.